The van der Waals surface area contributed by atoms with Gasteiger partial charge in [-0.3, -0.25) is 4.79 Å². The SMILES string of the molecule is CO.O=Cc1ccc(-n2cc(-c3ccc(F)cc3F)cn2)cc1. The van der Waals surface area contributed by atoms with Crippen LogP contribution in [0.3, 0.4) is 0 Å². The molecule has 23 heavy (non-hydrogen) atoms. The summed E-state index contributed by atoms with van der Waals surface area (Å²) in [6.45, 7) is 0. The van der Waals surface area contributed by atoms with Crippen LogP contribution in [0.5, 0.6) is 0 Å². The molecule has 0 bridgehead atoms. The van der Waals surface area contributed by atoms with Crippen LogP contribution >= 0.6 is 0 Å². The minimum absolute atomic E-state index is 0.284. The van der Waals surface area contributed by atoms with Crippen LogP contribution in [0.15, 0.2) is 54.9 Å². The van der Waals surface area contributed by atoms with Gasteiger partial charge in [-0.2, -0.15) is 5.10 Å². The summed E-state index contributed by atoms with van der Waals surface area (Å²) < 4.78 is 28.2. The molecule has 0 unspecified atom stereocenters. The van der Waals surface area contributed by atoms with E-state index in [1.807, 2.05) is 0 Å². The molecule has 3 aromatic rings. The van der Waals surface area contributed by atoms with Crippen molar-refractivity contribution in [2.75, 3.05) is 7.11 Å². The van der Waals surface area contributed by atoms with E-state index in [4.69, 9.17) is 5.11 Å². The number of rotatable bonds is 3. The quantitative estimate of drug-likeness (QED) is 0.755. The van der Waals surface area contributed by atoms with Crippen molar-refractivity contribution >= 4 is 6.29 Å². The standard InChI is InChI=1S/C16H10F2N2O.CH4O/c17-13-3-6-15(16(18)7-13)12-8-19-20(9-12)14-4-1-11(10-21)2-5-14;1-2/h1-10H;2H,1H3. The Bertz CT molecular complexity index is 799. The molecule has 2 aromatic carbocycles. The van der Waals surface area contributed by atoms with Gasteiger partial charge in [-0.15, -0.1) is 0 Å². The van der Waals surface area contributed by atoms with Gasteiger partial charge in [0.05, 0.1) is 11.9 Å². The highest BCUT2D eigenvalue weighted by molar-refractivity contribution is 5.75. The molecule has 1 heterocycles. The van der Waals surface area contributed by atoms with Crippen LogP contribution in [0, 0.1) is 11.6 Å². The molecule has 0 aliphatic heterocycles. The zero-order valence-electron chi connectivity index (χ0n) is 12.3. The zero-order valence-corrected chi connectivity index (χ0v) is 12.3. The Morgan fingerprint density at radius 1 is 1.09 bits per heavy atom. The number of aromatic nitrogens is 2. The second kappa shape index (κ2) is 7.42. The predicted octanol–water partition coefficient (Wildman–Crippen LogP) is 3.24. The van der Waals surface area contributed by atoms with Crippen LogP contribution in [0.2, 0.25) is 0 Å². The minimum Gasteiger partial charge on any atom is -0.400 e. The van der Waals surface area contributed by atoms with E-state index in [-0.39, 0.29) is 5.56 Å². The monoisotopic (exact) mass is 316 g/mol. The fourth-order valence-corrected chi connectivity index (χ4v) is 2.03. The third-order valence-corrected chi connectivity index (χ3v) is 3.12. The fourth-order valence-electron chi connectivity index (χ4n) is 2.03. The van der Waals surface area contributed by atoms with Crippen molar-refractivity contribution in [1.29, 1.82) is 0 Å². The second-order valence-corrected chi connectivity index (χ2v) is 4.51. The molecule has 3 rings (SSSR count). The average molecular weight is 316 g/mol. The molecule has 0 saturated heterocycles. The van der Waals surface area contributed by atoms with E-state index in [9.17, 15) is 13.6 Å². The van der Waals surface area contributed by atoms with E-state index in [0.29, 0.717) is 11.1 Å². The molecule has 0 aliphatic carbocycles. The summed E-state index contributed by atoms with van der Waals surface area (Å²) in [5.74, 6) is -1.25. The lowest BCUT2D eigenvalue weighted by Gasteiger charge is -2.01. The first-order chi connectivity index (χ1) is 11.2. The van der Waals surface area contributed by atoms with Gasteiger partial charge in [0.2, 0.25) is 0 Å². The lowest BCUT2D eigenvalue weighted by molar-refractivity contribution is 0.112. The number of carbonyl (C=O) groups is 1. The molecule has 0 saturated carbocycles. The molecule has 0 fully saturated rings. The molecule has 118 valence electrons. The van der Waals surface area contributed by atoms with Gasteiger partial charge >= 0.3 is 0 Å². The van der Waals surface area contributed by atoms with Crippen molar-refractivity contribution in [3.8, 4) is 16.8 Å². The van der Waals surface area contributed by atoms with E-state index >= 15 is 0 Å². The molecule has 0 aliphatic rings. The maximum absolute atomic E-state index is 13.7. The molecule has 0 atom stereocenters. The van der Waals surface area contributed by atoms with Crippen molar-refractivity contribution in [1.82, 2.24) is 9.78 Å². The van der Waals surface area contributed by atoms with Crippen molar-refractivity contribution < 1.29 is 18.7 Å². The lowest BCUT2D eigenvalue weighted by atomic mass is 10.1. The summed E-state index contributed by atoms with van der Waals surface area (Å²) in [6, 6.07) is 10.2. The van der Waals surface area contributed by atoms with Crippen molar-refractivity contribution in [2.45, 2.75) is 0 Å². The molecular formula is C17H14F2N2O2. The van der Waals surface area contributed by atoms with Crippen LogP contribution in [0.1, 0.15) is 10.4 Å². The summed E-state index contributed by atoms with van der Waals surface area (Å²) in [5.41, 5.74) is 2.14. The number of aliphatic hydroxyl groups is 1. The molecule has 1 N–H and O–H groups in total. The first kappa shape index (κ1) is 16.5. The molecular weight excluding hydrogens is 302 g/mol. The molecule has 0 spiro atoms. The minimum atomic E-state index is -0.633. The highest BCUT2D eigenvalue weighted by atomic mass is 19.1. The van der Waals surface area contributed by atoms with Gasteiger partial charge in [-0.1, -0.05) is 0 Å². The highest BCUT2D eigenvalue weighted by Gasteiger charge is 2.09. The number of aldehydes is 1. The molecule has 1 aromatic heterocycles. The summed E-state index contributed by atoms with van der Waals surface area (Å²) in [4.78, 5) is 10.6. The Morgan fingerprint density at radius 2 is 1.78 bits per heavy atom. The predicted molar refractivity (Wildman–Crippen MR) is 82.4 cm³/mol. The van der Waals surface area contributed by atoms with E-state index in [0.717, 1.165) is 25.1 Å². The van der Waals surface area contributed by atoms with Gasteiger partial charge < -0.3 is 5.11 Å². The van der Waals surface area contributed by atoms with Gasteiger partial charge in [-0.05, 0) is 36.4 Å². The Morgan fingerprint density at radius 3 is 2.39 bits per heavy atom. The number of hydrogen-bond donors (Lipinski definition) is 1. The summed E-state index contributed by atoms with van der Waals surface area (Å²) in [7, 11) is 1.00. The van der Waals surface area contributed by atoms with Crippen LogP contribution in [-0.2, 0) is 0 Å². The number of nitrogens with zero attached hydrogens (tertiary/aromatic N) is 2. The lowest BCUT2D eigenvalue weighted by Crippen LogP contribution is -1.94. The van der Waals surface area contributed by atoms with E-state index in [1.54, 1.807) is 35.1 Å². The molecule has 0 radical (unpaired) electrons. The topological polar surface area (TPSA) is 55.1 Å². The maximum Gasteiger partial charge on any atom is 0.150 e. The van der Waals surface area contributed by atoms with Gasteiger partial charge in [0, 0.05) is 36.1 Å². The number of aliphatic hydroxyl groups excluding tert-OH is 1. The molecule has 6 heteroatoms. The average Bonchev–Trinajstić information content (AvgIpc) is 3.06. The number of hydrogen-bond acceptors (Lipinski definition) is 3. The van der Waals surface area contributed by atoms with Gasteiger partial charge in [0.15, 0.2) is 0 Å². The normalized spacial score (nSPS) is 9.91. The van der Waals surface area contributed by atoms with Crippen LogP contribution < -0.4 is 0 Å². The maximum atomic E-state index is 13.7. The number of benzene rings is 2. The second-order valence-electron chi connectivity index (χ2n) is 4.51. The van der Waals surface area contributed by atoms with Gasteiger partial charge in [0.25, 0.3) is 0 Å². The van der Waals surface area contributed by atoms with E-state index < -0.39 is 11.6 Å². The van der Waals surface area contributed by atoms with E-state index in [2.05, 4.69) is 5.10 Å². The number of carbonyl (C=O) groups excluding carboxylic acids is 1. The molecule has 0 amide bonds. The Hall–Kier alpha value is -2.86. The Balaban J connectivity index is 0.000000924. The summed E-state index contributed by atoms with van der Waals surface area (Å²) in [6.07, 6.45) is 3.91. The third-order valence-electron chi connectivity index (χ3n) is 3.12. The molecule has 4 nitrogen and oxygen atoms in total. The Kier molecular flexibility index (Phi) is 5.32. The van der Waals surface area contributed by atoms with Gasteiger partial charge in [0.1, 0.15) is 17.9 Å². The van der Waals surface area contributed by atoms with Crippen LogP contribution in [0.25, 0.3) is 16.8 Å². The van der Waals surface area contributed by atoms with Crippen LogP contribution in [0.4, 0.5) is 8.78 Å². The van der Waals surface area contributed by atoms with Crippen molar-refractivity contribution in [3.05, 3.63) is 72.1 Å². The summed E-state index contributed by atoms with van der Waals surface area (Å²) >= 11 is 0. The smallest absolute Gasteiger partial charge is 0.150 e. The summed E-state index contributed by atoms with van der Waals surface area (Å²) in [5, 5.41) is 11.1. The first-order valence-electron chi connectivity index (χ1n) is 6.68. The van der Waals surface area contributed by atoms with Gasteiger partial charge in [-0.25, -0.2) is 13.5 Å². The van der Waals surface area contributed by atoms with Crippen molar-refractivity contribution in [2.24, 2.45) is 0 Å². The highest BCUT2D eigenvalue weighted by Crippen LogP contribution is 2.23. The first-order valence-corrected chi connectivity index (χ1v) is 6.68. The number of halogens is 2. The van der Waals surface area contributed by atoms with E-state index in [1.165, 1.54) is 18.3 Å². The third kappa shape index (κ3) is 3.67. The van der Waals surface area contributed by atoms with Crippen LogP contribution in [-0.4, -0.2) is 28.3 Å². The van der Waals surface area contributed by atoms with Crippen molar-refractivity contribution in [3.63, 3.8) is 0 Å². The zero-order chi connectivity index (χ0) is 16.8. The fraction of sp³-hybridized carbons (Fsp3) is 0.0588. The Labute approximate surface area is 131 Å². The largest absolute Gasteiger partial charge is 0.400 e.